The van der Waals surface area contributed by atoms with E-state index in [0.29, 0.717) is 37.7 Å². The van der Waals surface area contributed by atoms with Crippen LogP contribution >= 0.6 is 0 Å². The van der Waals surface area contributed by atoms with Gasteiger partial charge in [0.15, 0.2) is 0 Å². The minimum Gasteiger partial charge on any atom is -0.379 e. The number of morpholine rings is 1. The van der Waals surface area contributed by atoms with Gasteiger partial charge < -0.3 is 9.26 Å². The SMILES string of the molecule is Cc1ccc(-c2noc(-c3cccc(S(=O)(=O)NCCN4CCOCC4)c3)n2)cc1. The third-order valence-corrected chi connectivity index (χ3v) is 6.41. The average molecular weight is 429 g/mol. The zero-order chi connectivity index (χ0) is 21.0. The molecule has 0 aliphatic carbocycles. The Bertz CT molecular complexity index is 1090. The molecule has 0 atom stereocenters. The number of hydrogen-bond acceptors (Lipinski definition) is 7. The van der Waals surface area contributed by atoms with E-state index >= 15 is 0 Å². The fourth-order valence-corrected chi connectivity index (χ4v) is 4.27. The van der Waals surface area contributed by atoms with Crippen LogP contribution in [0.3, 0.4) is 0 Å². The van der Waals surface area contributed by atoms with Crippen molar-refractivity contribution in [3.63, 3.8) is 0 Å². The molecule has 0 bridgehead atoms. The summed E-state index contributed by atoms with van der Waals surface area (Å²) in [5, 5.41) is 4.02. The lowest BCUT2D eigenvalue weighted by molar-refractivity contribution is 0.0390. The summed E-state index contributed by atoms with van der Waals surface area (Å²) in [6.07, 6.45) is 0. The van der Waals surface area contributed by atoms with E-state index in [1.165, 1.54) is 0 Å². The highest BCUT2D eigenvalue weighted by Crippen LogP contribution is 2.24. The van der Waals surface area contributed by atoms with Crippen molar-refractivity contribution >= 4 is 10.0 Å². The molecule has 158 valence electrons. The largest absolute Gasteiger partial charge is 0.379 e. The fraction of sp³-hybridized carbons (Fsp3) is 0.333. The molecule has 2 aromatic carbocycles. The summed E-state index contributed by atoms with van der Waals surface area (Å²) in [5.74, 6) is 0.734. The van der Waals surface area contributed by atoms with Gasteiger partial charge >= 0.3 is 0 Å². The number of sulfonamides is 1. The van der Waals surface area contributed by atoms with E-state index in [0.717, 1.165) is 24.2 Å². The molecule has 4 rings (SSSR count). The quantitative estimate of drug-likeness (QED) is 0.617. The van der Waals surface area contributed by atoms with Gasteiger partial charge in [0.25, 0.3) is 5.89 Å². The molecule has 1 fully saturated rings. The first-order valence-electron chi connectivity index (χ1n) is 9.82. The maximum absolute atomic E-state index is 12.7. The van der Waals surface area contributed by atoms with Crippen LogP contribution in [0.2, 0.25) is 0 Å². The van der Waals surface area contributed by atoms with Crippen LogP contribution in [-0.2, 0) is 14.8 Å². The molecule has 1 saturated heterocycles. The van der Waals surface area contributed by atoms with Crippen LogP contribution in [0.25, 0.3) is 22.8 Å². The number of rotatable bonds is 7. The zero-order valence-electron chi connectivity index (χ0n) is 16.7. The first-order chi connectivity index (χ1) is 14.5. The Morgan fingerprint density at radius 3 is 2.60 bits per heavy atom. The predicted octanol–water partition coefficient (Wildman–Crippen LogP) is 2.32. The van der Waals surface area contributed by atoms with Crippen molar-refractivity contribution in [3.8, 4) is 22.8 Å². The Balaban J connectivity index is 1.46. The Hall–Kier alpha value is -2.59. The summed E-state index contributed by atoms with van der Waals surface area (Å²) in [6, 6.07) is 14.3. The lowest BCUT2D eigenvalue weighted by atomic mass is 10.1. The third-order valence-electron chi connectivity index (χ3n) is 4.95. The molecule has 0 unspecified atom stereocenters. The number of nitrogens with zero attached hydrogens (tertiary/aromatic N) is 3. The first kappa shape index (κ1) is 20.7. The Morgan fingerprint density at radius 2 is 1.83 bits per heavy atom. The third kappa shape index (κ3) is 4.93. The number of aryl methyl sites for hydroxylation is 1. The van der Waals surface area contributed by atoms with Crippen LogP contribution in [0.15, 0.2) is 57.9 Å². The summed E-state index contributed by atoms with van der Waals surface area (Å²) >= 11 is 0. The second-order valence-electron chi connectivity index (χ2n) is 7.17. The smallest absolute Gasteiger partial charge is 0.258 e. The van der Waals surface area contributed by atoms with Crippen molar-refractivity contribution in [2.45, 2.75) is 11.8 Å². The maximum atomic E-state index is 12.7. The summed E-state index contributed by atoms with van der Waals surface area (Å²) in [7, 11) is -3.64. The fourth-order valence-electron chi connectivity index (χ4n) is 3.20. The second-order valence-corrected chi connectivity index (χ2v) is 8.94. The summed E-state index contributed by atoms with van der Waals surface area (Å²) in [6.45, 7) is 5.99. The van der Waals surface area contributed by atoms with E-state index in [1.54, 1.807) is 24.3 Å². The van der Waals surface area contributed by atoms with E-state index in [1.807, 2.05) is 31.2 Å². The number of nitrogens with one attached hydrogen (secondary N) is 1. The molecule has 3 aromatic rings. The van der Waals surface area contributed by atoms with Gasteiger partial charge in [-0.2, -0.15) is 4.98 Å². The predicted molar refractivity (Wildman–Crippen MR) is 112 cm³/mol. The van der Waals surface area contributed by atoms with Crippen molar-refractivity contribution in [2.75, 3.05) is 39.4 Å². The van der Waals surface area contributed by atoms with Crippen molar-refractivity contribution < 1.29 is 17.7 Å². The molecule has 30 heavy (non-hydrogen) atoms. The molecule has 0 radical (unpaired) electrons. The second kappa shape index (κ2) is 9.05. The van der Waals surface area contributed by atoms with Gasteiger partial charge in [-0.25, -0.2) is 13.1 Å². The normalized spacial score (nSPS) is 15.4. The molecule has 8 nitrogen and oxygen atoms in total. The van der Waals surface area contributed by atoms with Gasteiger partial charge in [-0.3, -0.25) is 4.90 Å². The number of benzene rings is 2. The highest BCUT2D eigenvalue weighted by Gasteiger charge is 2.18. The van der Waals surface area contributed by atoms with Crippen LogP contribution in [0.1, 0.15) is 5.56 Å². The summed E-state index contributed by atoms with van der Waals surface area (Å²) < 4.78 is 38.7. The first-order valence-corrected chi connectivity index (χ1v) is 11.3. The zero-order valence-corrected chi connectivity index (χ0v) is 17.6. The van der Waals surface area contributed by atoms with Crippen LogP contribution in [0, 0.1) is 6.92 Å². The minimum atomic E-state index is -3.64. The Kier molecular flexibility index (Phi) is 6.24. The van der Waals surface area contributed by atoms with Crippen LogP contribution in [0.4, 0.5) is 0 Å². The van der Waals surface area contributed by atoms with Gasteiger partial charge in [-0.1, -0.05) is 41.1 Å². The van der Waals surface area contributed by atoms with Gasteiger partial charge in [0.05, 0.1) is 18.1 Å². The summed E-state index contributed by atoms with van der Waals surface area (Å²) in [4.78, 5) is 6.75. The average Bonchev–Trinajstić information content (AvgIpc) is 3.25. The Morgan fingerprint density at radius 1 is 1.07 bits per heavy atom. The lowest BCUT2D eigenvalue weighted by Gasteiger charge is -2.26. The molecule has 0 amide bonds. The topological polar surface area (TPSA) is 97.6 Å². The monoisotopic (exact) mass is 428 g/mol. The van der Waals surface area contributed by atoms with Gasteiger partial charge in [-0.05, 0) is 25.1 Å². The van der Waals surface area contributed by atoms with E-state index in [4.69, 9.17) is 9.26 Å². The van der Waals surface area contributed by atoms with Crippen molar-refractivity contribution in [2.24, 2.45) is 0 Å². The van der Waals surface area contributed by atoms with Crippen molar-refractivity contribution in [1.82, 2.24) is 19.8 Å². The molecular formula is C21H24N4O4S. The number of hydrogen-bond donors (Lipinski definition) is 1. The molecule has 0 spiro atoms. The molecular weight excluding hydrogens is 404 g/mol. The maximum Gasteiger partial charge on any atom is 0.258 e. The highest BCUT2D eigenvalue weighted by molar-refractivity contribution is 7.89. The van der Waals surface area contributed by atoms with Crippen LogP contribution in [-0.4, -0.2) is 62.9 Å². The van der Waals surface area contributed by atoms with Crippen molar-refractivity contribution in [1.29, 1.82) is 0 Å². The highest BCUT2D eigenvalue weighted by atomic mass is 32.2. The summed E-state index contributed by atoms with van der Waals surface area (Å²) in [5.41, 5.74) is 2.53. The number of ether oxygens (including phenoxy) is 1. The molecule has 2 heterocycles. The van der Waals surface area contributed by atoms with Crippen molar-refractivity contribution in [3.05, 3.63) is 54.1 Å². The van der Waals surface area contributed by atoms with Gasteiger partial charge in [0.2, 0.25) is 15.8 Å². The van der Waals surface area contributed by atoms with Gasteiger partial charge in [0.1, 0.15) is 0 Å². The Labute approximate surface area is 175 Å². The number of aromatic nitrogens is 2. The molecule has 1 aromatic heterocycles. The van der Waals surface area contributed by atoms with E-state index in [-0.39, 0.29) is 10.8 Å². The molecule has 1 aliphatic heterocycles. The molecule has 1 N–H and O–H groups in total. The molecule has 9 heteroatoms. The van der Waals surface area contributed by atoms with E-state index in [9.17, 15) is 8.42 Å². The lowest BCUT2D eigenvalue weighted by Crippen LogP contribution is -2.41. The van der Waals surface area contributed by atoms with E-state index in [2.05, 4.69) is 19.8 Å². The van der Waals surface area contributed by atoms with Gasteiger partial charge in [0, 0.05) is 37.3 Å². The minimum absolute atomic E-state index is 0.164. The molecule has 1 aliphatic rings. The van der Waals surface area contributed by atoms with Crippen LogP contribution in [0.5, 0.6) is 0 Å². The van der Waals surface area contributed by atoms with E-state index < -0.39 is 10.0 Å². The van der Waals surface area contributed by atoms with Gasteiger partial charge in [-0.15, -0.1) is 0 Å². The standard InChI is InChI=1S/C21H24N4O4S/c1-16-5-7-17(8-6-16)20-23-21(29-24-20)18-3-2-4-19(15-18)30(26,27)22-9-10-25-11-13-28-14-12-25/h2-8,15,22H,9-14H2,1H3. The molecule has 0 saturated carbocycles. The van der Waals surface area contributed by atoms with Crippen LogP contribution < -0.4 is 4.72 Å².